The van der Waals surface area contributed by atoms with E-state index >= 15 is 0 Å². The number of nitrogens with zero attached hydrogens (tertiary/aromatic N) is 3. The first-order valence-corrected chi connectivity index (χ1v) is 6.96. The number of piperidine rings is 1. The van der Waals surface area contributed by atoms with Crippen LogP contribution in [0.15, 0.2) is 10.7 Å². The molecule has 1 amide bonds. The molecule has 8 heteroatoms. The van der Waals surface area contributed by atoms with E-state index in [2.05, 4.69) is 15.6 Å². The van der Waals surface area contributed by atoms with Crippen molar-refractivity contribution >= 4 is 12.0 Å². The van der Waals surface area contributed by atoms with Crippen molar-refractivity contribution in [2.75, 3.05) is 30.1 Å². The number of hydrogen-bond acceptors (Lipinski definition) is 6. The number of hydrogen-bond donors (Lipinski definition) is 1. The minimum Gasteiger partial charge on any atom is -0.450 e. The molecular weight excluding hydrogens is 264 g/mol. The standard InChI is InChI=1S/C12H18N4O4/c1-2-19-12(17)13-11-6-15(14-20-11)16-9-4-3-5-10(16)8-18-7-9/h6,9-10H,2-5,7-8H2,1H3/p+1. The van der Waals surface area contributed by atoms with Gasteiger partial charge in [-0.05, 0) is 26.2 Å². The van der Waals surface area contributed by atoms with Crippen molar-refractivity contribution in [2.45, 2.75) is 38.3 Å². The molecular formula is C12H19N4O4+. The lowest BCUT2D eigenvalue weighted by Crippen LogP contribution is -2.73. The molecule has 20 heavy (non-hydrogen) atoms. The first-order chi connectivity index (χ1) is 9.78. The maximum Gasteiger partial charge on any atom is 0.414 e. The van der Waals surface area contributed by atoms with E-state index in [9.17, 15) is 4.79 Å². The molecule has 2 atom stereocenters. The number of carbonyl (C=O) groups excluding carboxylic acids is 1. The third kappa shape index (κ3) is 2.55. The average molecular weight is 283 g/mol. The zero-order chi connectivity index (χ0) is 13.9. The summed E-state index contributed by atoms with van der Waals surface area (Å²) in [5, 5.41) is 8.65. The van der Waals surface area contributed by atoms with E-state index in [0.29, 0.717) is 31.9 Å². The monoisotopic (exact) mass is 283 g/mol. The van der Waals surface area contributed by atoms with E-state index < -0.39 is 6.09 Å². The van der Waals surface area contributed by atoms with Gasteiger partial charge >= 0.3 is 12.0 Å². The molecule has 2 bridgehead atoms. The number of ether oxygens (including phenoxy) is 2. The van der Waals surface area contributed by atoms with Crippen LogP contribution in [0.25, 0.3) is 0 Å². The van der Waals surface area contributed by atoms with Crippen LogP contribution in [0.3, 0.4) is 0 Å². The van der Waals surface area contributed by atoms with E-state index in [1.54, 1.807) is 17.9 Å². The molecule has 8 nitrogen and oxygen atoms in total. The van der Waals surface area contributed by atoms with Crippen LogP contribution in [0.4, 0.5) is 10.7 Å². The Labute approximate surface area is 116 Å². The van der Waals surface area contributed by atoms with E-state index in [4.69, 9.17) is 14.0 Å². The summed E-state index contributed by atoms with van der Waals surface area (Å²) in [6.45, 7) is 3.47. The second-order valence-electron chi connectivity index (χ2n) is 4.99. The molecule has 1 N–H and O–H groups in total. The Hall–Kier alpha value is -1.83. The normalized spacial score (nSPS) is 25.4. The Morgan fingerprint density at radius 2 is 2.30 bits per heavy atom. The van der Waals surface area contributed by atoms with E-state index in [0.717, 1.165) is 12.8 Å². The fourth-order valence-corrected chi connectivity index (χ4v) is 2.82. The number of rotatable bonds is 3. The predicted molar refractivity (Wildman–Crippen MR) is 67.8 cm³/mol. The largest absolute Gasteiger partial charge is 0.450 e. The van der Waals surface area contributed by atoms with Gasteiger partial charge in [-0.3, -0.25) is 9.84 Å². The van der Waals surface area contributed by atoms with Gasteiger partial charge in [-0.1, -0.05) is 0 Å². The van der Waals surface area contributed by atoms with Gasteiger partial charge in [0, 0.05) is 0 Å². The van der Waals surface area contributed by atoms with Gasteiger partial charge in [-0.25, -0.2) is 4.79 Å². The van der Waals surface area contributed by atoms with Gasteiger partial charge in [0.25, 0.3) is 6.20 Å². The second kappa shape index (κ2) is 5.66. The van der Waals surface area contributed by atoms with Crippen molar-refractivity contribution < 1.29 is 23.6 Å². The van der Waals surface area contributed by atoms with Crippen LogP contribution in [0.5, 0.6) is 0 Å². The number of anilines is 1. The second-order valence-corrected chi connectivity index (χ2v) is 4.99. The first-order valence-electron chi connectivity index (χ1n) is 6.96. The third-order valence-electron chi connectivity index (χ3n) is 3.64. The highest BCUT2D eigenvalue weighted by Crippen LogP contribution is 2.23. The number of amides is 1. The molecule has 110 valence electrons. The highest BCUT2D eigenvalue weighted by Gasteiger charge is 2.42. The van der Waals surface area contributed by atoms with Crippen molar-refractivity contribution in [3.63, 3.8) is 0 Å². The number of carbonyl (C=O) groups is 1. The van der Waals surface area contributed by atoms with Crippen LogP contribution in [0, 0.1) is 0 Å². The zero-order valence-corrected chi connectivity index (χ0v) is 11.4. The molecule has 1 aromatic rings. The Morgan fingerprint density at radius 1 is 1.55 bits per heavy atom. The topological polar surface area (TPSA) is 80.7 Å². The fraction of sp³-hybridized carbons (Fsp3) is 0.750. The SMILES string of the molecule is CCOC(=O)Nc1c[n+](N2C3CCCC2COC3)no1. The summed E-state index contributed by atoms with van der Waals surface area (Å²) in [5.41, 5.74) is 0. The lowest BCUT2D eigenvalue weighted by atomic mass is 9.96. The van der Waals surface area contributed by atoms with Gasteiger partial charge < -0.3 is 9.47 Å². The van der Waals surface area contributed by atoms with Gasteiger partial charge in [-0.15, -0.1) is 5.01 Å². The van der Waals surface area contributed by atoms with Crippen LogP contribution < -0.4 is 15.1 Å². The molecule has 0 spiro atoms. The molecule has 2 aliphatic heterocycles. The molecule has 0 radical (unpaired) electrons. The van der Waals surface area contributed by atoms with Crippen molar-refractivity contribution in [1.29, 1.82) is 0 Å². The summed E-state index contributed by atoms with van der Waals surface area (Å²) in [6.07, 6.45) is 4.49. The first kappa shape index (κ1) is 13.2. The number of nitrogens with one attached hydrogen (secondary N) is 1. The summed E-state index contributed by atoms with van der Waals surface area (Å²) < 4.78 is 15.5. The summed E-state index contributed by atoms with van der Waals surface area (Å²) in [7, 11) is 0. The van der Waals surface area contributed by atoms with Crippen molar-refractivity contribution in [2.24, 2.45) is 0 Å². The average Bonchev–Trinajstić information content (AvgIpc) is 2.86. The number of fused-ring (bicyclic) bond motifs is 2. The number of aromatic nitrogens is 2. The lowest BCUT2D eigenvalue weighted by Gasteiger charge is -2.39. The van der Waals surface area contributed by atoms with Crippen LogP contribution in [0.2, 0.25) is 0 Å². The Bertz CT molecular complexity index is 456. The smallest absolute Gasteiger partial charge is 0.414 e. The van der Waals surface area contributed by atoms with Crippen LogP contribution >= 0.6 is 0 Å². The van der Waals surface area contributed by atoms with Crippen molar-refractivity contribution in [3.05, 3.63) is 6.20 Å². The molecule has 2 fully saturated rings. The van der Waals surface area contributed by atoms with Gasteiger partial charge in [0.05, 0.1) is 24.6 Å². The zero-order valence-electron chi connectivity index (χ0n) is 11.4. The third-order valence-corrected chi connectivity index (χ3v) is 3.64. The minimum atomic E-state index is -0.544. The van der Waals surface area contributed by atoms with Gasteiger partial charge in [-0.2, -0.15) is 0 Å². The van der Waals surface area contributed by atoms with Crippen molar-refractivity contribution in [1.82, 2.24) is 5.27 Å². The number of morpholine rings is 1. The fourth-order valence-electron chi connectivity index (χ4n) is 2.82. The molecule has 1 aromatic heterocycles. The van der Waals surface area contributed by atoms with Crippen LogP contribution in [-0.4, -0.2) is 43.3 Å². The summed E-state index contributed by atoms with van der Waals surface area (Å²) in [4.78, 5) is 13.0. The van der Waals surface area contributed by atoms with Gasteiger partial charge in [0.1, 0.15) is 12.1 Å². The summed E-state index contributed by atoms with van der Waals surface area (Å²) in [5.74, 6) is 0.271. The maximum absolute atomic E-state index is 11.3. The van der Waals surface area contributed by atoms with Crippen LogP contribution in [0.1, 0.15) is 26.2 Å². The highest BCUT2D eigenvalue weighted by atomic mass is 16.6. The molecule has 2 saturated heterocycles. The highest BCUT2D eigenvalue weighted by molar-refractivity contribution is 5.82. The van der Waals surface area contributed by atoms with Gasteiger partial charge in [0.15, 0.2) is 0 Å². The lowest BCUT2D eigenvalue weighted by molar-refractivity contribution is -0.768. The van der Waals surface area contributed by atoms with Crippen LogP contribution in [-0.2, 0) is 9.47 Å². The van der Waals surface area contributed by atoms with E-state index in [1.807, 2.05) is 0 Å². The quantitative estimate of drug-likeness (QED) is 0.810. The molecule has 0 aliphatic carbocycles. The van der Waals surface area contributed by atoms with E-state index in [1.165, 1.54) is 6.42 Å². The van der Waals surface area contributed by atoms with Crippen molar-refractivity contribution in [3.8, 4) is 0 Å². The summed E-state index contributed by atoms with van der Waals surface area (Å²) in [6, 6.07) is 0.626. The molecule has 3 rings (SSSR count). The molecule has 0 saturated carbocycles. The maximum atomic E-state index is 11.3. The Morgan fingerprint density at radius 3 is 3.00 bits per heavy atom. The minimum absolute atomic E-state index is 0.271. The molecule has 2 aliphatic rings. The molecule has 3 heterocycles. The Balaban J connectivity index is 1.71. The molecule has 0 aromatic carbocycles. The Kier molecular flexibility index (Phi) is 3.72. The van der Waals surface area contributed by atoms with Gasteiger partial charge in [0.2, 0.25) is 5.27 Å². The van der Waals surface area contributed by atoms with E-state index in [-0.39, 0.29) is 5.88 Å². The molecule has 2 unspecified atom stereocenters. The predicted octanol–water partition coefficient (Wildman–Crippen LogP) is 0.420. The summed E-state index contributed by atoms with van der Waals surface area (Å²) >= 11 is 0.